The number of anilines is 1. The van der Waals surface area contributed by atoms with E-state index >= 15 is 0 Å². The molecule has 2 aromatic carbocycles. The molecule has 6 heteroatoms. The molecule has 1 heterocycles. The standard InChI is InChI=1S/C23H23N3O3/c1-16-10-17(2)12-18(11-16)23(28)25-14-22(27)26-19-7-5-8-21(13-19)29-15-20-6-3-4-9-24-20/h3-13H,14-15H2,1-2H3,(H,25,28)(H,26,27). The quantitative estimate of drug-likeness (QED) is 0.646. The van der Waals surface area contributed by atoms with Crippen LogP contribution in [0.25, 0.3) is 0 Å². The van der Waals surface area contributed by atoms with Crippen molar-refractivity contribution in [3.63, 3.8) is 0 Å². The normalized spacial score (nSPS) is 10.3. The first-order valence-electron chi connectivity index (χ1n) is 9.29. The van der Waals surface area contributed by atoms with E-state index in [1.165, 1.54) is 0 Å². The minimum absolute atomic E-state index is 0.120. The summed E-state index contributed by atoms with van der Waals surface area (Å²) in [6.45, 7) is 4.08. The van der Waals surface area contributed by atoms with Crippen molar-refractivity contribution in [1.29, 1.82) is 0 Å². The Morgan fingerprint density at radius 2 is 1.76 bits per heavy atom. The number of ether oxygens (including phenoxy) is 1. The van der Waals surface area contributed by atoms with Crippen LogP contribution in [0.3, 0.4) is 0 Å². The predicted octanol–water partition coefficient (Wildman–Crippen LogP) is 3.65. The zero-order valence-corrected chi connectivity index (χ0v) is 16.4. The molecule has 29 heavy (non-hydrogen) atoms. The maximum atomic E-state index is 12.3. The summed E-state index contributed by atoms with van der Waals surface area (Å²) in [5, 5.41) is 5.40. The fraction of sp³-hybridized carbons (Fsp3) is 0.174. The minimum Gasteiger partial charge on any atom is -0.487 e. The third-order valence-corrected chi connectivity index (χ3v) is 4.12. The Bertz CT molecular complexity index is 983. The number of carbonyl (C=O) groups is 2. The second-order valence-corrected chi connectivity index (χ2v) is 6.74. The van der Waals surface area contributed by atoms with Crippen LogP contribution in [0, 0.1) is 13.8 Å². The zero-order chi connectivity index (χ0) is 20.6. The lowest BCUT2D eigenvalue weighted by Gasteiger charge is -2.10. The molecule has 0 aliphatic rings. The summed E-state index contributed by atoms with van der Waals surface area (Å²) in [5.41, 5.74) is 3.95. The zero-order valence-electron chi connectivity index (χ0n) is 16.4. The average molecular weight is 389 g/mol. The van der Waals surface area contributed by atoms with Crippen LogP contribution in [0.5, 0.6) is 5.75 Å². The Kier molecular flexibility index (Phi) is 6.58. The molecule has 3 rings (SSSR count). The van der Waals surface area contributed by atoms with Gasteiger partial charge in [0.1, 0.15) is 12.4 Å². The van der Waals surface area contributed by atoms with Crippen molar-refractivity contribution in [2.75, 3.05) is 11.9 Å². The van der Waals surface area contributed by atoms with Gasteiger partial charge in [-0.3, -0.25) is 14.6 Å². The van der Waals surface area contributed by atoms with Gasteiger partial charge in [0.2, 0.25) is 5.91 Å². The molecule has 2 amide bonds. The Morgan fingerprint density at radius 1 is 0.966 bits per heavy atom. The third-order valence-electron chi connectivity index (χ3n) is 4.12. The van der Waals surface area contributed by atoms with Crippen LogP contribution in [-0.4, -0.2) is 23.3 Å². The van der Waals surface area contributed by atoms with Gasteiger partial charge in [-0.15, -0.1) is 0 Å². The summed E-state index contributed by atoms with van der Waals surface area (Å²) in [6.07, 6.45) is 1.71. The average Bonchev–Trinajstić information content (AvgIpc) is 2.71. The summed E-state index contributed by atoms with van der Waals surface area (Å²) in [6, 6.07) is 18.3. The summed E-state index contributed by atoms with van der Waals surface area (Å²) < 4.78 is 5.71. The predicted molar refractivity (Wildman–Crippen MR) is 112 cm³/mol. The van der Waals surface area contributed by atoms with Crippen LogP contribution < -0.4 is 15.4 Å². The van der Waals surface area contributed by atoms with E-state index in [-0.39, 0.29) is 18.4 Å². The van der Waals surface area contributed by atoms with Gasteiger partial charge in [0.25, 0.3) is 5.91 Å². The number of hydrogen-bond donors (Lipinski definition) is 2. The van der Waals surface area contributed by atoms with E-state index in [9.17, 15) is 9.59 Å². The highest BCUT2D eigenvalue weighted by Crippen LogP contribution is 2.18. The summed E-state index contributed by atoms with van der Waals surface area (Å²) in [5.74, 6) is 0.0247. The van der Waals surface area contributed by atoms with E-state index in [4.69, 9.17) is 4.74 Å². The van der Waals surface area contributed by atoms with Gasteiger partial charge in [0.15, 0.2) is 0 Å². The summed E-state index contributed by atoms with van der Waals surface area (Å²) >= 11 is 0. The maximum absolute atomic E-state index is 12.3. The first-order chi connectivity index (χ1) is 14.0. The van der Waals surface area contributed by atoms with Gasteiger partial charge in [0, 0.05) is 23.5 Å². The van der Waals surface area contributed by atoms with Crippen molar-refractivity contribution in [2.45, 2.75) is 20.5 Å². The number of nitrogens with one attached hydrogen (secondary N) is 2. The number of rotatable bonds is 7. The van der Waals surface area contributed by atoms with Gasteiger partial charge in [-0.2, -0.15) is 0 Å². The van der Waals surface area contributed by atoms with Gasteiger partial charge in [-0.05, 0) is 50.2 Å². The molecule has 0 fully saturated rings. The van der Waals surface area contributed by atoms with Crippen molar-refractivity contribution < 1.29 is 14.3 Å². The van der Waals surface area contributed by atoms with Crippen molar-refractivity contribution in [1.82, 2.24) is 10.3 Å². The molecule has 3 aromatic rings. The molecular weight excluding hydrogens is 366 g/mol. The minimum atomic E-state index is -0.315. The van der Waals surface area contributed by atoms with Crippen LogP contribution in [0.4, 0.5) is 5.69 Å². The number of aryl methyl sites for hydroxylation is 2. The van der Waals surface area contributed by atoms with E-state index in [1.54, 1.807) is 42.6 Å². The SMILES string of the molecule is Cc1cc(C)cc(C(=O)NCC(=O)Nc2cccc(OCc3ccccn3)c2)c1. The molecule has 0 aliphatic carbocycles. The number of carbonyl (C=O) groups excluding carboxylic acids is 2. The number of benzene rings is 2. The van der Waals surface area contributed by atoms with Gasteiger partial charge >= 0.3 is 0 Å². The van der Waals surface area contributed by atoms with E-state index in [0.29, 0.717) is 23.6 Å². The van der Waals surface area contributed by atoms with Crippen LogP contribution >= 0.6 is 0 Å². The number of amides is 2. The molecule has 0 spiro atoms. The Morgan fingerprint density at radius 3 is 2.48 bits per heavy atom. The van der Waals surface area contributed by atoms with Gasteiger partial charge in [-0.25, -0.2) is 0 Å². The number of nitrogens with zero attached hydrogens (tertiary/aromatic N) is 1. The van der Waals surface area contributed by atoms with Gasteiger partial charge in [-0.1, -0.05) is 29.3 Å². The Hall–Kier alpha value is -3.67. The van der Waals surface area contributed by atoms with Crippen molar-refractivity contribution >= 4 is 17.5 Å². The molecule has 0 bridgehead atoms. The first kappa shape index (κ1) is 20.1. The highest BCUT2D eigenvalue weighted by atomic mass is 16.5. The third kappa shape index (κ3) is 6.17. The molecule has 0 unspecified atom stereocenters. The molecular formula is C23H23N3O3. The largest absolute Gasteiger partial charge is 0.487 e. The molecule has 0 aliphatic heterocycles. The lowest BCUT2D eigenvalue weighted by Crippen LogP contribution is -2.32. The molecule has 0 saturated heterocycles. The van der Waals surface area contributed by atoms with E-state index in [2.05, 4.69) is 15.6 Å². The lowest BCUT2D eigenvalue weighted by atomic mass is 10.1. The lowest BCUT2D eigenvalue weighted by molar-refractivity contribution is -0.115. The second kappa shape index (κ2) is 9.50. The molecule has 0 radical (unpaired) electrons. The smallest absolute Gasteiger partial charge is 0.251 e. The highest BCUT2D eigenvalue weighted by Gasteiger charge is 2.10. The molecule has 6 nitrogen and oxygen atoms in total. The highest BCUT2D eigenvalue weighted by molar-refractivity contribution is 5.99. The van der Waals surface area contributed by atoms with Gasteiger partial charge in [0.05, 0.1) is 12.2 Å². The second-order valence-electron chi connectivity index (χ2n) is 6.74. The number of pyridine rings is 1. The van der Waals surface area contributed by atoms with Crippen molar-refractivity contribution in [2.24, 2.45) is 0 Å². The first-order valence-corrected chi connectivity index (χ1v) is 9.29. The fourth-order valence-corrected chi connectivity index (χ4v) is 2.88. The van der Waals surface area contributed by atoms with E-state index in [0.717, 1.165) is 16.8 Å². The topological polar surface area (TPSA) is 80.3 Å². The Labute approximate surface area is 169 Å². The number of hydrogen-bond acceptors (Lipinski definition) is 4. The monoisotopic (exact) mass is 389 g/mol. The molecule has 0 saturated carbocycles. The summed E-state index contributed by atoms with van der Waals surface area (Å²) in [7, 11) is 0. The molecule has 2 N–H and O–H groups in total. The van der Waals surface area contributed by atoms with E-state index in [1.807, 2.05) is 38.1 Å². The fourth-order valence-electron chi connectivity index (χ4n) is 2.88. The van der Waals surface area contributed by atoms with Crippen LogP contribution in [0.1, 0.15) is 27.2 Å². The van der Waals surface area contributed by atoms with Crippen LogP contribution in [0.2, 0.25) is 0 Å². The van der Waals surface area contributed by atoms with Crippen molar-refractivity contribution in [3.05, 3.63) is 89.2 Å². The van der Waals surface area contributed by atoms with Crippen molar-refractivity contribution in [3.8, 4) is 5.75 Å². The molecule has 0 atom stereocenters. The molecule has 148 valence electrons. The van der Waals surface area contributed by atoms with Crippen LogP contribution in [-0.2, 0) is 11.4 Å². The summed E-state index contributed by atoms with van der Waals surface area (Å²) in [4.78, 5) is 28.7. The molecule has 1 aromatic heterocycles. The van der Waals surface area contributed by atoms with E-state index < -0.39 is 0 Å². The van der Waals surface area contributed by atoms with Crippen LogP contribution in [0.15, 0.2) is 66.9 Å². The maximum Gasteiger partial charge on any atom is 0.251 e. The Balaban J connectivity index is 1.52. The van der Waals surface area contributed by atoms with Gasteiger partial charge < -0.3 is 15.4 Å². The number of aromatic nitrogens is 1.